The van der Waals surface area contributed by atoms with Crippen LogP contribution in [0.25, 0.3) is 0 Å². The zero-order chi connectivity index (χ0) is 7.82. The van der Waals surface area contributed by atoms with Crippen molar-refractivity contribution >= 4 is 5.97 Å². The minimum absolute atomic E-state index is 0.690. The Balaban J connectivity index is 2.84. The summed E-state index contributed by atoms with van der Waals surface area (Å²) in [5, 5.41) is 8.20. The third kappa shape index (κ3) is 7.47. The summed E-state index contributed by atoms with van der Waals surface area (Å²) in [4.78, 5) is 9.96. The first-order chi connectivity index (χ1) is 4.77. The summed E-state index contributed by atoms with van der Waals surface area (Å²) < 4.78 is 0. The maximum Gasteiger partial charge on any atom is 0.307 e. The Hall–Kier alpha value is -0.530. The van der Waals surface area contributed by atoms with Crippen LogP contribution in [0.4, 0.5) is 0 Å². The number of rotatable bonds is 6. The molecule has 0 atom stereocenters. The lowest BCUT2D eigenvalue weighted by Crippen LogP contribution is -1.94. The largest absolute Gasteiger partial charge is 0.481 e. The lowest BCUT2D eigenvalue weighted by molar-refractivity contribution is -0.133. The van der Waals surface area contributed by atoms with Crippen LogP contribution in [0.5, 0.6) is 0 Å². The van der Waals surface area contributed by atoms with Crippen molar-refractivity contribution in [3.63, 3.8) is 0 Å². The van der Waals surface area contributed by atoms with Gasteiger partial charge in [0, 0.05) is 0 Å². The normalized spacial score (nSPS) is 9.70. The molecule has 0 aromatic rings. The van der Waals surface area contributed by atoms with E-state index in [0.717, 1.165) is 25.7 Å². The molecule has 0 aromatic carbocycles. The SMILES string of the molecule is [CH2]CCCCC[CH]C(=O)O. The number of hydrogen-bond acceptors (Lipinski definition) is 1. The van der Waals surface area contributed by atoms with Gasteiger partial charge in [-0.05, 0) is 6.42 Å². The summed E-state index contributed by atoms with van der Waals surface area (Å²) in [6, 6.07) is 0. The fraction of sp³-hybridized carbons (Fsp3) is 0.625. The number of aliphatic carboxylic acids is 1. The van der Waals surface area contributed by atoms with Crippen LogP contribution in [0.2, 0.25) is 0 Å². The lowest BCUT2D eigenvalue weighted by Gasteiger charge is -1.94. The molecule has 0 heterocycles. The van der Waals surface area contributed by atoms with E-state index < -0.39 is 5.97 Å². The number of carboxylic acids is 1. The van der Waals surface area contributed by atoms with Gasteiger partial charge in [0.25, 0.3) is 0 Å². The first-order valence-corrected chi connectivity index (χ1v) is 3.62. The highest BCUT2D eigenvalue weighted by molar-refractivity contribution is 5.76. The smallest absolute Gasteiger partial charge is 0.307 e. The Labute approximate surface area is 62.2 Å². The quantitative estimate of drug-likeness (QED) is 0.576. The second kappa shape index (κ2) is 6.59. The van der Waals surface area contributed by atoms with Gasteiger partial charge in [-0.1, -0.05) is 32.6 Å². The lowest BCUT2D eigenvalue weighted by atomic mass is 10.1. The fourth-order valence-electron chi connectivity index (χ4n) is 0.723. The van der Waals surface area contributed by atoms with Crippen molar-refractivity contribution in [2.24, 2.45) is 0 Å². The summed E-state index contributed by atoms with van der Waals surface area (Å²) in [7, 11) is 0. The second-order valence-corrected chi connectivity index (χ2v) is 2.25. The number of unbranched alkanes of at least 4 members (excludes halogenated alkanes) is 4. The molecule has 10 heavy (non-hydrogen) atoms. The molecule has 2 radical (unpaired) electrons. The molecule has 2 heteroatoms. The monoisotopic (exact) mass is 142 g/mol. The van der Waals surface area contributed by atoms with Gasteiger partial charge in [0.2, 0.25) is 0 Å². The number of hydrogen-bond donors (Lipinski definition) is 1. The Morgan fingerprint density at radius 1 is 1.40 bits per heavy atom. The molecule has 0 bridgehead atoms. The molecule has 0 saturated heterocycles. The van der Waals surface area contributed by atoms with Gasteiger partial charge in [0.05, 0.1) is 6.42 Å². The van der Waals surface area contributed by atoms with Crippen LogP contribution in [0, 0.1) is 13.3 Å². The van der Waals surface area contributed by atoms with E-state index in [2.05, 4.69) is 6.92 Å². The Kier molecular flexibility index (Phi) is 6.24. The van der Waals surface area contributed by atoms with Gasteiger partial charge >= 0.3 is 5.97 Å². The molecule has 0 rings (SSSR count). The first-order valence-electron chi connectivity index (χ1n) is 3.62. The molecule has 1 N–H and O–H groups in total. The molecule has 2 nitrogen and oxygen atoms in total. The van der Waals surface area contributed by atoms with Crippen molar-refractivity contribution in [2.45, 2.75) is 32.1 Å². The summed E-state index contributed by atoms with van der Waals surface area (Å²) in [6.07, 6.45) is 6.12. The van der Waals surface area contributed by atoms with E-state index in [1.54, 1.807) is 0 Å². The van der Waals surface area contributed by atoms with E-state index in [4.69, 9.17) is 5.11 Å². The zero-order valence-corrected chi connectivity index (χ0v) is 6.18. The van der Waals surface area contributed by atoms with E-state index in [1.807, 2.05) is 0 Å². The average molecular weight is 142 g/mol. The maximum atomic E-state index is 9.96. The first kappa shape index (κ1) is 9.47. The Morgan fingerprint density at radius 3 is 2.60 bits per heavy atom. The van der Waals surface area contributed by atoms with E-state index in [-0.39, 0.29) is 0 Å². The van der Waals surface area contributed by atoms with Gasteiger partial charge in [-0.25, -0.2) is 0 Å². The average Bonchev–Trinajstić information content (AvgIpc) is 1.87. The second-order valence-electron chi connectivity index (χ2n) is 2.25. The number of carboxylic acid groups (broad SMARTS) is 1. The standard InChI is InChI=1S/C8H14O2/c1-2-3-4-5-6-7-8(9)10/h7H,1-6H2,(H,9,10). The van der Waals surface area contributed by atoms with E-state index in [0.29, 0.717) is 6.42 Å². The zero-order valence-electron chi connectivity index (χ0n) is 6.18. The Morgan fingerprint density at radius 2 is 2.10 bits per heavy atom. The summed E-state index contributed by atoms with van der Waals surface area (Å²) in [5.74, 6) is -0.811. The Bertz CT molecular complexity index is 89.3. The van der Waals surface area contributed by atoms with Crippen molar-refractivity contribution in [3.8, 4) is 0 Å². The highest BCUT2D eigenvalue weighted by Gasteiger charge is 1.95. The molecule has 0 aliphatic carbocycles. The molecule has 0 aliphatic rings. The van der Waals surface area contributed by atoms with Crippen molar-refractivity contribution in [1.82, 2.24) is 0 Å². The van der Waals surface area contributed by atoms with Crippen LogP contribution in [-0.2, 0) is 4.79 Å². The van der Waals surface area contributed by atoms with Crippen LogP contribution >= 0.6 is 0 Å². The summed E-state index contributed by atoms with van der Waals surface area (Å²) >= 11 is 0. The van der Waals surface area contributed by atoms with Gasteiger partial charge in [0.15, 0.2) is 0 Å². The summed E-state index contributed by atoms with van der Waals surface area (Å²) in [5.41, 5.74) is 0. The molecule has 0 fully saturated rings. The predicted octanol–water partition coefficient (Wildman–Crippen LogP) is 2.06. The third-order valence-electron chi connectivity index (χ3n) is 1.27. The highest BCUT2D eigenvalue weighted by atomic mass is 16.4. The van der Waals surface area contributed by atoms with Crippen molar-refractivity contribution < 1.29 is 9.90 Å². The van der Waals surface area contributed by atoms with Crippen LogP contribution in [0.15, 0.2) is 0 Å². The minimum Gasteiger partial charge on any atom is -0.481 e. The van der Waals surface area contributed by atoms with E-state index in [9.17, 15) is 4.79 Å². The minimum atomic E-state index is -0.811. The topological polar surface area (TPSA) is 37.3 Å². The van der Waals surface area contributed by atoms with Crippen LogP contribution in [-0.4, -0.2) is 11.1 Å². The van der Waals surface area contributed by atoms with E-state index >= 15 is 0 Å². The fourth-order valence-corrected chi connectivity index (χ4v) is 0.723. The molecule has 0 spiro atoms. The van der Waals surface area contributed by atoms with Gasteiger partial charge in [-0.3, -0.25) is 4.79 Å². The molecular weight excluding hydrogens is 128 g/mol. The van der Waals surface area contributed by atoms with Crippen molar-refractivity contribution in [2.75, 3.05) is 0 Å². The molecule has 0 aliphatic heterocycles. The predicted molar refractivity (Wildman–Crippen MR) is 40.4 cm³/mol. The molecule has 0 amide bonds. The van der Waals surface area contributed by atoms with Gasteiger partial charge in [0.1, 0.15) is 0 Å². The van der Waals surface area contributed by atoms with Gasteiger partial charge < -0.3 is 5.11 Å². The molecule has 58 valence electrons. The summed E-state index contributed by atoms with van der Waals surface area (Å²) in [6.45, 7) is 3.69. The van der Waals surface area contributed by atoms with Gasteiger partial charge in [-0.2, -0.15) is 0 Å². The van der Waals surface area contributed by atoms with Crippen molar-refractivity contribution in [3.05, 3.63) is 13.3 Å². The van der Waals surface area contributed by atoms with Crippen molar-refractivity contribution in [1.29, 1.82) is 0 Å². The molecule has 0 aromatic heterocycles. The van der Waals surface area contributed by atoms with Crippen LogP contribution in [0.1, 0.15) is 32.1 Å². The number of carbonyl (C=O) groups is 1. The molecular formula is C8H14O2. The third-order valence-corrected chi connectivity index (χ3v) is 1.27. The highest BCUT2D eigenvalue weighted by Crippen LogP contribution is 2.03. The maximum absolute atomic E-state index is 9.96. The van der Waals surface area contributed by atoms with Crippen LogP contribution < -0.4 is 0 Å². The van der Waals surface area contributed by atoms with E-state index in [1.165, 1.54) is 6.42 Å². The molecule has 0 unspecified atom stereocenters. The van der Waals surface area contributed by atoms with Gasteiger partial charge in [-0.15, -0.1) is 0 Å². The van der Waals surface area contributed by atoms with Crippen LogP contribution in [0.3, 0.4) is 0 Å². The molecule has 0 saturated carbocycles.